The van der Waals surface area contributed by atoms with E-state index in [0.29, 0.717) is 0 Å². The molecule has 0 aliphatic heterocycles. The molecule has 0 N–H and O–H groups in total. The highest BCUT2D eigenvalue weighted by Crippen LogP contribution is 2.39. The van der Waals surface area contributed by atoms with Crippen LogP contribution in [0.2, 0.25) is 0 Å². The second kappa shape index (κ2) is 9.57. The van der Waals surface area contributed by atoms with Crippen LogP contribution in [0.25, 0.3) is 66.1 Å². The first kappa shape index (κ1) is 24.3. The molecule has 0 unspecified atom stereocenters. The molecule has 0 amide bonds. The molecule has 0 aliphatic rings. The quantitative estimate of drug-likeness (QED) is 0.216. The van der Waals surface area contributed by atoms with Gasteiger partial charge in [0.05, 0.1) is 36.3 Å². The normalized spacial score (nSPS) is 11.6. The lowest BCUT2D eigenvalue weighted by Gasteiger charge is -2.11. The highest BCUT2D eigenvalue weighted by molar-refractivity contribution is 6.12. The molecule has 0 atom stereocenters. The average molecular weight is 545 g/mol. The van der Waals surface area contributed by atoms with Gasteiger partial charge in [0.15, 0.2) is 0 Å². The summed E-state index contributed by atoms with van der Waals surface area (Å²) in [6.07, 6.45) is 0. The molecule has 8 aromatic rings. The van der Waals surface area contributed by atoms with Crippen molar-refractivity contribution in [2.45, 2.75) is 0 Å². The summed E-state index contributed by atoms with van der Waals surface area (Å²) in [5.74, 6) is 1.69. The minimum absolute atomic E-state index is 0.846. The molecule has 0 fully saturated rings. The van der Waals surface area contributed by atoms with Gasteiger partial charge in [-0.3, -0.25) is 0 Å². The number of para-hydroxylation sites is 2. The molecule has 2 heterocycles. The van der Waals surface area contributed by atoms with Gasteiger partial charge in [-0.25, -0.2) is 0 Å². The number of aromatic nitrogens is 2. The van der Waals surface area contributed by atoms with Gasteiger partial charge in [-0.1, -0.05) is 60.7 Å². The number of hydrogen-bond donors (Lipinski definition) is 0. The molecule has 0 radical (unpaired) electrons. The van der Waals surface area contributed by atoms with E-state index in [1.807, 2.05) is 12.1 Å². The standard InChI is InChI=1S/C38H28N2O2/c1-41-29-15-19-33-31-17-13-25(21-35(31)39(37(33)23-29)27-9-5-3-6-10-27)26-14-18-32-34-20-16-30(42-2)24-38(34)40(36(32)22-26)28-11-7-4-8-12-28/h3-24H,1-2H3. The van der Waals surface area contributed by atoms with Gasteiger partial charge in [0.2, 0.25) is 0 Å². The minimum Gasteiger partial charge on any atom is -0.497 e. The number of nitrogens with zero attached hydrogens (tertiary/aromatic N) is 2. The summed E-state index contributed by atoms with van der Waals surface area (Å²) in [5.41, 5.74) is 9.15. The first-order valence-electron chi connectivity index (χ1n) is 14.1. The second-order valence-corrected chi connectivity index (χ2v) is 10.6. The van der Waals surface area contributed by atoms with Crippen LogP contribution in [0.5, 0.6) is 11.5 Å². The third kappa shape index (κ3) is 3.69. The van der Waals surface area contributed by atoms with E-state index in [2.05, 4.69) is 130 Å². The van der Waals surface area contributed by atoms with Gasteiger partial charge < -0.3 is 18.6 Å². The predicted molar refractivity (Wildman–Crippen MR) is 174 cm³/mol. The van der Waals surface area contributed by atoms with Crippen LogP contribution >= 0.6 is 0 Å². The van der Waals surface area contributed by atoms with Crippen LogP contribution < -0.4 is 9.47 Å². The van der Waals surface area contributed by atoms with E-state index in [1.165, 1.54) is 32.7 Å². The topological polar surface area (TPSA) is 28.3 Å². The zero-order valence-corrected chi connectivity index (χ0v) is 23.4. The molecule has 0 bridgehead atoms. The Kier molecular flexibility index (Phi) is 5.54. The number of rotatable bonds is 5. The molecule has 6 aromatic carbocycles. The average Bonchev–Trinajstić information content (AvgIpc) is 3.56. The summed E-state index contributed by atoms with van der Waals surface area (Å²) in [4.78, 5) is 0. The third-order valence-corrected chi connectivity index (χ3v) is 8.31. The summed E-state index contributed by atoms with van der Waals surface area (Å²) in [6.45, 7) is 0. The van der Waals surface area contributed by atoms with Gasteiger partial charge in [0, 0.05) is 45.1 Å². The highest BCUT2D eigenvalue weighted by Gasteiger charge is 2.17. The summed E-state index contributed by atoms with van der Waals surface area (Å²) in [5, 5.41) is 4.84. The number of ether oxygens (including phenoxy) is 2. The monoisotopic (exact) mass is 544 g/mol. The van der Waals surface area contributed by atoms with Crippen LogP contribution in [0.4, 0.5) is 0 Å². The molecular weight excluding hydrogens is 516 g/mol. The Bertz CT molecular complexity index is 2100. The zero-order valence-electron chi connectivity index (χ0n) is 23.4. The summed E-state index contributed by atoms with van der Waals surface area (Å²) in [6, 6.07) is 47.3. The van der Waals surface area contributed by atoms with Crippen molar-refractivity contribution in [1.82, 2.24) is 9.13 Å². The summed E-state index contributed by atoms with van der Waals surface area (Å²) >= 11 is 0. The molecular formula is C38H28N2O2. The molecule has 8 rings (SSSR count). The van der Waals surface area contributed by atoms with Gasteiger partial charge >= 0.3 is 0 Å². The van der Waals surface area contributed by atoms with Crippen molar-refractivity contribution < 1.29 is 9.47 Å². The highest BCUT2D eigenvalue weighted by atomic mass is 16.5. The van der Waals surface area contributed by atoms with Gasteiger partial charge in [0.25, 0.3) is 0 Å². The first-order chi connectivity index (χ1) is 20.7. The second-order valence-electron chi connectivity index (χ2n) is 10.6. The van der Waals surface area contributed by atoms with Crippen LogP contribution in [-0.4, -0.2) is 23.4 Å². The van der Waals surface area contributed by atoms with Gasteiger partial charge in [-0.05, 0) is 71.8 Å². The zero-order chi connectivity index (χ0) is 28.2. The Morgan fingerprint density at radius 3 is 1.12 bits per heavy atom. The Balaban J connectivity index is 1.39. The van der Waals surface area contributed by atoms with Gasteiger partial charge in [0.1, 0.15) is 11.5 Å². The molecule has 42 heavy (non-hydrogen) atoms. The van der Waals surface area contributed by atoms with Crippen molar-refractivity contribution in [2.75, 3.05) is 14.2 Å². The lowest BCUT2D eigenvalue weighted by atomic mass is 10.0. The van der Waals surface area contributed by atoms with Crippen LogP contribution in [0.15, 0.2) is 133 Å². The fourth-order valence-corrected chi connectivity index (χ4v) is 6.32. The molecule has 2 aromatic heterocycles. The van der Waals surface area contributed by atoms with E-state index in [0.717, 1.165) is 44.9 Å². The van der Waals surface area contributed by atoms with E-state index < -0.39 is 0 Å². The van der Waals surface area contributed by atoms with Crippen LogP contribution in [0, 0.1) is 0 Å². The Morgan fingerprint density at radius 1 is 0.381 bits per heavy atom. The smallest absolute Gasteiger partial charge is 0.120 e. The first-order valence-corrected chi connectivity index (χ1v) is 14.1. The molecule has 0 aliphatic carbocycles. The number of fused-ring (bicyclic) bond motifs is 6. The van der Waals surface area contributed by atoms with Crippen molar-refractivity contribution in [3.05, 3.63) is 133 Å². The van der Waals surface area contributed by atoms with Crippen molar-refractivity contribution >= 4 is 43.6 Å². The predicted octanol–water partition coefficient (Wildman–Crippen LogP) is 9.56. The molecule has 0 saturated heterocycles. The fraction of sp³-hybridized carbons (Fsp3) is 0.0526. The van der Waals surface area contributed by atoms with Crippen LogP contribution in [-0.2, 0) is 0 Å². The van der Waals surface area contributed by atoms with Crippen LogP contribution in [0.3, 0.4) is 0 Å². The van der Waals surface area contributed by atoms with E-state index in [9.17, 15) is 0 Å². The molecule has 4 nitrogen and oxygen atoms in total. The lowest BCUT2D eigenvalue weighted by Crippen LogP contribution is -1.94. The molecule has 4 heteroatoms. The van der Waals surface area contributed by atoms with E-state index in [-0.39, 0.29) is 0 Å². The van der Waals surface area contributed by atoms with Crippen molar-refractivity contribution in [2.24, 2.45) is 0 Å². The lowest BCUT2D eigenvalue weighted by molar-refractivity contribution is 0.415. The van der Waals surface area contributed by atoms with Crippen LogP contribution in [0.1, 0.15) is 0 Å². The van der Waals surface area contributed by atoms with Crippen molar-refractivity contribution in [3.8, 4) is 34.0 Å². The SMILES string of the molecule is COc1ccc2c3ccc(-c4ccc5c6ccc(OC)cc6n(-c6ccccc6)c5c4)cc3n(-c3ccccc3)c2c1. The van der Waals surface area contributed by atoms with E-state index in [4.69, 9.17) is 9.47 Å². The maximum Gasteiger partial charge on any atom is 0.120 e. The largest absolute Gasteiger partial charge is 0.497 e. The maximum absolute atomic E-state index is 5.61. The third-order valence-electron chi connectivity index (χ3n) is 8.31. The maximum atomic E-state index is 5.61. The molecule has 0 saturated carbocycles. The number of hydrogen-bond acceptors (Lipinski definition) is 2. The van der Waals surface area contributed by atoms with Gasteiger partial charge in [-0.15, -0.1) is 0 Å². The van der Waals surface area contributed by atoms with E-state index >= 15 is 0 Å². The van der Waals surface area contributed by atoms with E-state index in [1.54, 1.807) is 14.2 Å². The molecule has 0 spiro atoms. The summed E-state index contributed by atoms with van der Waals surface area (Å²) < 4.78 is 15.9. The minimum atomic E-state index is 0.846. The van der Waals surface area contributed by atoms with Gasteiger partial charge in [-0.2, -0.15) is 0 Å². The molecule has 202 valence electrons. The van der Waals surface area contributed by atoms with Crippen molar-refractivity contribution in [1.29, 1.82) is 0 Å². The Morgan fingerprint density at radius 2 is 0.738 bits per heavy atom. The fourth-order valence-electron chi connectivity index (χ4n) is 6.32. The van der Waals surface area contributed by atoms with Crippen molar-refractivity contribution in [3.63, 3.8) is 0 Å². The Labute approximate surface area is 243 Å². The Hall–Kier alpha value is -5.48. The number of methoxy groups -OCH3 is 2. The number of benzene rings is 6. The summed E-state index contributed by atoms with van der Waals surface area (Å²) in [7, 11) is 3.44.